The lowest BCUT2D eigenvalue weighted by Crippen LogP contribution is -2.24. The van der Waals surface area contributed by atoms with Gasteiger partial charge in [-0.3, -0.25) is 0 Å². The quantitative estimate of drug-likeness (QED) is 0.488. The van der Waals surface area contributed by atoms with Crippen molar-refractivity contribution in [2.24, 2.45) is 23.7 Å². The molecule has 0 bridgehead atoms. The topological polar surface area (TPSA) is 0 Å². The van der Waals surface area contributed by atoms with Crippen LogP contribution in [-0.4, -0.2) is 6.18 Å². The largest absolute Gasteiger partial charge is 0.391 e. The molecule has 0 aromatic heterocycles. The third-order valence-corrected chi connectivity index (χ3v) is 6.33. The molecule has 130 valence electrons. The lowest BCUT2D eigenvalue weighted by Gasteiger charge is -2.36. The van der Waals surface area contributed by atoms with E-state index in [9.17, 15) is 13.2 Å². The van der Waals surface area contributed by atoms with Crippen molar-refractivity contribution in [2.45, 2.75) is 96.6 Å². The second-order valence-electron chi connectivity index (χ2n) is 7.76. The van der Waals surface area contributed by atoms with Crippen LogP contribution in [0.5, 0.6) is 0 Å². The van der Waals surface area contributed by atoms with E-state index < -0.39 is 12.1 Å². The zero-order chi connectivity index (χ0) is 16.0. The maximum atomic E-state index is 12.7. The molecular formula is C19H33F3. The van der Waals surface area contributed by atoms with Gasteiger partial charge in [0.2, 0.25) is 0 Å². The van der Waals surface area contributed by atoms with Gasteiger partial charge in [0.1, 0.15) is 0 Å². The van der Waals surface area contributed by atoms with Gasteiger partial charge in [0.05, 0.1) is 5.92 Å². The van der Waals surface area contributed by atoms with Crippen molar-refractivity contribution in [3.63, 3.8) is 0 Å². The van der Waals surface area contributed by atoms with Crippen LogP contribution < -0.4 is 0 Å². The lowest BCUT2D eigenvalue weighted by molar-refractivity contribution is -0.177. The number of alkyl halides is 3. The van der Waals surface area contributed by atoms with Gasteiger partial charge >= 0.3 is 6.18 Å². The summed E-state index contributed by atoms with van der Waals surface area (Å²) in [5.74, 6) is 1.51. The van der Waals surface area contributed by atoms with E-state index in [0.717, 1.165) is 24.7 Å². The molecule has 2 aliphatic rings. The summed E-state index contributed by atoms with van der Waals surface area (Å²) in [6, 6.07) is 0. The summed E-state index contributed by atoms with van der Waals surface area (Å²) in [5.41, 5.74) is 0. The average molecular weight is 318 g/mol. The zero-order valence-corrected chi connectivity index (χ0v) is 14.1. The molecule has 2 saturated carbocycles. The van der Waals surface area contributed by atoms with E-state index in [0.29, 0.717) is 12.3 Å². The molecule has 0 aromatic rings. The van der Waals surface area contributed by atoms with Gasteiger partial charge in [0.25, 0.3) is 0 Å². The molecule has 0 nitrogen and oxygen atoms in total. The first-order chi connectivity index (χ1) is 10.5. The Bertz CT molecular complexity index is 296. The van der Waals surface area contributed by atoms with Crippen LogP contribution in [0.1, 0.15) is 90.4 Å². The van der Waals surface area contributed by atoms with E-state index >= 15 is 0 Å². The number of hydrogen-bond donors (Lipinski definition) is 0. The maximum absolute atomic E-state index is 12.7. The Kier molecular flexibility index (Phi) is 7.08. The highest BCUT2D eigenvalue weighted by molar-refractivity contribution is 4.80. The van der Waals surface area contributed by atoms with Crippen LogP contribution in [-0.2, 0) is 0 Å². The minimum Gasteiger partial charge on any atom is -0.171 e. The van der Waals surface area contributed by atoms with Crippen molar-refractivity contribution in [2.75, 3.05) is 0 Å². The van der Waals surface area contributed by atoms with E-state index in [4.69, 9.17) is 0 Å². The summed E-state index contributed by atoms with van der Waals surface area (Å²) >= 11 is 0. The first kappa shape index (κ1) is 18.1. The lowest BCUT2D eigenvalue weighted by atomic mass is 9.70. The molecule has 0 aliphatic heterocycles. The van der Waals surface area contributed by atoms with Crippen molar-refractivity contribution in [3.8, 4) is 0 Å². The van der Waals surface area contributed by atoms with Crippen molar-refractivity contribution < 1.29 is 13.2 Å². The molecule has 3 heteroatoms. The Balaban J connectivity index is 1.63. The highest BCUT2D eigenvalue weighted by Crippen LogP contribution is 2.41. The van der Waals surface area contributed by atoms with Crippen LogP contribution in [0.4, 0.5) is 13.2 Å². The molecule has 0 aromatic carbocycles. The standard InChI is InChI=1S/C19H33F3/c1-2-18(19(20,21)22)10-6-7-15-11-13-17(14-12-15)16-8-4-3-5-9-16/h15-18H,2-14H2,1H3. The van der Waals surface area contributed by atoms with Crippen LogP contribution in [0.15, 0.2) is 0 Å². The second kappa shape index (κ2) is 8.59. The molecule has 2 aliphatic carbocycles. The molecule has 1 atom stereocenters. The van der Waals surface area contributed by atoms with Gasteiger partial charge < -0.3 is 0 Å². The number of hydrogen-bond acceptors (Lipinski definition) is 0. The summed E-state index contributed by atoms with van der Waals surface area (Å²) in [6.45, 7) is 1.66. The van der Waals surface area contributed by atoms with Crippen LogP contribution in [0.3, 0.4) is 0 Å². The molecule has 1 unspecified atom stereocenters. The van der Waals surface area contributed by atoms with E-state index in [1.54, 1.807) is 6.92 Å². The fraction of sp³-hybridized carbons (Fsp3) is 1.00. The second-order valence-corrected chi connectivity index (χ2v) is 7.76. The predicted molar refractivity (Wildman–Crippen MR) is 85.7 cm³/mol. The molecule has 2 rings (SSSR count). The molecule has 0 saturated heterocycles. The van der Waals surface area contributed by atoms with Gasteiger partial charge in [0.15, 0.2) is 0 Å². The summed E-state index contributed by atoms with van der Waals surface area (Å²) in [6.07, 6.45) is 10.7. The fourth-order valence-electron chi connectivity index (χ4n) is 4.81. The SMILES string of the molecule is CCC(CCCC1CCC(C2CCCCC2)CC1)C(F)(F)F. The monoisotopic (exact) mass is 318 g/mol. The van der Waals surface area contributed by atoms with Crippen molar-refractivity contribution in [1.29, 1.82) is 0 Å². The minimum absolute atomic E-state index is 0.234. The third-order valence-electron chi connectivity index (χ3n) is 6.33. The zero-order valence-electron chi connectivity index (χ0n) is 14.1. The Morgan fingerprint density at radius 3 is 2.00 bits per heavy atom. The van der Waals surface area contributed by atoms with Crippen LogP contribution in [0.25, 0.3) is 0 Å². The average Bonchev–Trinajstić information content (AvgIpc) is 2.52. The Morgan fingerprint density at radius 1 is 0.864 bits per heavy atom. The molecule has 0 radical (unpaired) electrons. The van der Waals surface area contributed by atoms with E-state index in [1.165, 1.54) is 57.8 Å². The first-order valence-electron chi connectivity index (χ1n) is 9.57. The molecule has 22 heavy (non-hydrogen) atoms. The van der Waals surface area contributed by atoms with Crippen LogP contribution in [0, 0.1) is 23.7 Å². The highest BCUT2D eigenvalue weighted by Gasteiger charge is 2.37. The third kappa shape index (κ3) is 5.45. The molecular weight excluding hydrogens is 285 g/mol. The smallest absolute Gasteiger partial charge is 0.171 e. The molecule has 0 spiro atoms. The maximum Gasteiger partial charge on any atom is 0.391 e. The molecule has 0 heterocycles. The highest BCUT2D eigenvalue weighted by atomic mass is 19.4. The van der Waals surface area contributed by atoms with Gasteiger partial charge in [-0.25, -0.2) is 0 Å². The van der Waals surface area contributed by atoms with Gasteiger partial charge in [-0.05, 0) is 43.4 Å². The van der Waals surface area contributed by atoms with Crippen LogP contribution in [0.2, 0.25) is 0 Å². The molecule has 0 amide bonds. The Morgan fingerprint density at radius 2 is 1.45 bits per heavy atom. The van der Waals surface area contributed by atoms with E-state index in [-0.39, 0.29) is 6.42 Å². The van der Waals surface area contributed by atoms with Gasteiger partial charge in [-0.1, -0.05) is 64.7 Å². The van der Waals surface area contributed by atoms with E-state index in [2.05, 4.69) is 0 Å². The Hall–Kier alpha value is -0.210. The summed E-state index contributed by atoms with van der Waals surface area (Å²) < 4.78 is 38.2. The summed E-state index contributed by atoms with van der Waals surface area (Å²) in [4.78, 5) is 0. The van der Waals surface area contributed by atoms with Crippen molar-refractivity contribution in [3.05, 3.63) is 0 Å². The van der Waals surface area contributed by atoms with Gasteiger partial charge in [0, 0.05) is 0 Å². The fourth-order valence-corrected chi connectivity index (χ4v) is 4.81. The summed E-state index contributed by atoms with van der Waals surface area (Å²) in [5, 5.41) is 0. The predicted octanol–water partition coefficient (Wildman–Crippen LogP) is 7.13. The minimum atomic E-state index is -3.99. The van der Waals surface area contributed by atoms with Crippen molar-refractivity contribution in [1.82, 2.24) is 0 Å². The van der Waals surface area contributed by atoms with E-state index in [1.807, 2.05) is 0 Å². The first-order valence-corrected chi connectivity index (χ1v) is 9.57. The Labute approximate surface area is 134 Å². The van der Waals surface area contributed by atoms with Gasteiger partial charge in [-0.15, -0.1) is 0 Å². The number of rotatable bonds is 6. The molecule has 2 fully saturated rings. The van der Waals surface area contributed by atoms with Crippen LogP contribution >= 0.6 is 0 Å². The van der Waals surface area contributed by atoms with Gasteiger partial charge in [-0.2, -0.15) is 13.2 Å². The van der Waals surface area contributed by atoms with Crippen molar-refractivity contribution >= 4 is 0 Å². The number of halogens is 3. The normalized spacial score (nSPS) is 29.5. The molecule has 0 N–H and O–H groups in total. The summed E-state index contributed by atoms with van der Waals surface area (Å²) in [7, 11) is 0.